The molecule has 0 aliphatic carbocycles. The molecule has 1 N–H and O–H groups in total. The first-order valence-corrected chi connectivity index (χ1v) is 6.04. The van der Waals surface area contributed by atoms with Crippen molar-refractivity contribution < 1.29 is 19.4 Å². The van der Waals surface area contributed by atoms with Crippen molar-refractivity contribution >= 4 is 11.9 Å². The molecule has 102 valence electrons. The van der Waals surface area contributed by atoms with Gasteiger partial charge in [-0.25, -0.2) is 4.79 Å². The fourth-order valence-electron chi connectivity index (χ4n) is 2.38. The van der Waals surface area contributed by atoms with Gasteiger partial charge >= 0.3 is 5.97 Å². The summed E-state index contributed by atoms with van der Waals surface area (Å²) >= 11 is 0. The Morgan fingerprint density at radius 3 is 2.89 bits per heavy atom. The molecule has 1 aliphatic heterocycles. The molecule has 19 heavy (non-hydrogen) atoms. The number of methoxy groups -OCH3 is 1. The van der Waals surface area contributed by atoms with Crippen LogP contribution in [0.15, 0.2) is 18.5 Å². The maximum atomic E-state index is 12.5. The quantitative estimate of drug-likeness (QED) is 0.886. The highest BCUT2D eigenvalue weighted by Crippen LogP contribution is 2.32. The van der Waals surface area contributed by atoms with Gasteiger partial charge in [-0.2, -0.15) is 0 Å². The number of carbonyl (C=O) groups is 2. The van der Waals surface area contributed by atoms with Crippen molar-refractivity contribution in [1.82, 2.24) is 9.88 Å². The normalized spacial score (nSPS) is 22.3. The molecule has 1 atom stereocenters. The van der Waals surface area contributed by atoms with Crippen molar-refractivity contribution in [1.29, 1.82) is 0 Å². The maximum Gasteiger partial charge on any atom is 0.329 e. The number of hydrogen-bond donors (Lipinski definition) is 1. The zero-order valence-electron chi connectivity index (χ0n) is 10.9. The fourth-order valence-corrected chi connectivity index (χ4v) is 2.38. The van der Waals surface area contributed by atoms with E-state index >= 15 is 0 Å². The molecule has 0 bridgehead atoms. The summed E-state index contributed by atoms with van der Waals surface area (Å²) < 4.78 is 5.10. The van der Waals surface area contributed by atoms with Gasteiger partial charge in [-0.3, -0.25) is 9.78 Å². The van der Waals surface area contributed by atoms with E-state index in [-0.39, 0.29) is 5.91 Å². The van der Waals surface area contributed by atoms with Gasteiger partial charge in [0.25, 0.3) is 5.91 Å². The Bertz CT molecular complexity index is 517. The average molecular weight is 264 g/mol. The fraction of sp³-hybridized carbons (Fsp3) is 0.462. The molecule has 1 aromatic rings. The zero-order valence-corrected chi connectivity index (χ0v) is 10.9. The SMILES string of the molecule is COc1cnccc1C(=O)N1CCCC1(C)C(=O)O. The van der Waals surface area contributed by atoms with Gasteiger partial charge < -0.3 is 14.7 Å². The zero-order chi connectivity index (χ0) is 14.0. The lowest BCUT2D eigenvalue weighted by Crippen LogP contribution is -2.50. The molecular weight excluding hydrogens is 248 g/mol. The molecule has 1 aliphatic rings. The van der Waals surface area contributed by atoms with E-state index in [1.54, 1.807) is 13.0 Å². The van der Waals surface area contributed by atoms with E-state index in [1.165, 1.54) is 24.4 Å². The summed E-state index contributed by atoms with van der Waals surface area (Å²) in [4.78, 5) is 29.2. The molecule has 2 rings (SSSR count). The number of carboxylic acid groups (broad SMARTS) is 1. The van der Waals surface area contributed by atoms with Crippen molar-refractivity contribution in [3.05, 3.63) is 24.0 Å². The Balaban J connectivity index is 2.36. The van der Waals surface area contributed by atoms with E-state index in [9.17, 15) is 14.7 Å². The molecule has 2 heterocycles. The van der Waals surface area contributed by atoms with Gasteiger partial charge in [0.2, 0.25) is 0 Å². The van der Waals surface area contributed by atoms with Crippen molar-refractivity contribution in [2.75, 3.05) is 13.7 Å². The van der Waals surface area contributed by atoms with Gasteiger partial charge in [0.1, 0.15) is 11.3 Å². The van der Waals surface area contributed by atoms with Crippen LogP contribution in [0.2, 0.25) is 0 Å². The molecule has 0 saturated carbocycles. The molecule has 6 heteroatoms. The first-order valence-electron chi connectivity index (χ1n) is 6.04. The number of aliphatic carboxylic acids is 1. The number of carbonyl (C=O) groups excluding carboxylic acids is 1. The third-order valence-electron chi connectivity index (χ3n) is 3.58. The summed E-state index contributed by atoms with van der Waals surface area (Å²) in [5.41, 5.74) is -0.808. The number of amides is 1. The molecule has 0 spiro atoms. The Labute approximate surface area is 111 Å². The van der Waals surface area contributed by atoms with Gasteiger partial charge in [-0.1, -0.05) is 0 Å². The Morgan fingerprint density at radius 1 is 1.53 bits per heavy atom. The van der Waals surface area contributed by atoms with Gasteiger partial charge in [0, 0.05) is 12.7 Å². The monoisotopic (exact) mass is 264 g/mol. The minimum Gasteiger partial charge on any atom is -0.494 e. The second kappa shape index (κ2) is 4.87. The number of nitrogens with zero attached hydrogens (tertiary/aromatic N) is 2. The highest BCUT2D eigenvalue weighted by atomic mass is 16.5. The Morgan fingerprint density at radius 2 is 2.26 bits per heavy atom. The summed E-state index contributed by atoms with van der Waals surface area (Å²) in [7, 11) is 1.45. The first kappa shape index (κ1) is 13.3. The highest BCUT2D eigenvalue weighted by Gasteiger charge is 2.46. The molecule has 0 aromatic carbocycles. The topological polar surface area (TPSA) is 79.7 Å². The number of aromatic nitrogens is 1. The van der Waals surface area contributed by atoms with Crippen LogP contribution in [-0.2, 0) is 4.79 Å². The molecule has 1 unspecified atom stereocenters. The van der Waals surface area contributed by atoms with Crippen LogP contribution >= 0.6 is 0 Å². The van der Waals surface area contributed by atoms with Crippen LogP contribution in [0.1, 0.15) is 30.1 Å². The van der Waals surface area contributed by atoms with Crippen molar-refractivity contribution in [3.63, 3.8) is 0 Å². The molecular formula is C13H16N2O4. The summed E-state index contributed by atoms with van der Waals surface area (Å²) in [6.07, 6.45) is 4.08. The molecule has 1 aromatic heterocycles. The average Bonchev–Trinajstić information content (AvgIpc) is 2.81. The number of rotatable bonds is 3. The van der Waals surface area contributed by atoms with Gasteiger partial charge in [0.05, 0.1) is 18.9 Å². The Kier molecular flexibility index (Phi) is 3.42. The largest absolute Gasteiger partial charge is 0.494 e. The predicted octanol–water partition coefficient (Wildman–Crippen LogP) is 1.17. The number of pyridine rings is 1. The van der Waals surface area contributed by atoms with Crippen LogP contribution in [0.3, 0.4) is 0 Å². The molecule has 1 saturated heterocycles. The molecule has 1 fully saturated rings. The highest BCUT2D eigenvalue weighted by molar-refractivity contribution is 6.00. The number of ether oxygens (including phenoxy) is 1. The van der Waals surface area contributed by atoms with Crippen LogP contribution < -0.4 is 4.74 Å². The van der Waals surface area contributed by atoms with Crippen molar-refractivity contribution in [2.24, 2.45) is 0 Å². The van der Waals surface area contributed by atoms with E-state index < -0.39 is 11.5 Å². The minimum absolute atomic E-state index is 0.332. The Hall–Kier alpha value is -2.11. The third-order valence-corrected chi connectivity index (χ3v) is 3.58. The van der Waals surface area contributed by atoms with Crippen molar-refractivity contribution in [3.8, 4) is 5.75 Å². The van der Waals surface area contributed by atoms with Crippen LogP contribution in [0.25, 0.3) is 0 Å². The summed E-state index contributed by atoms with van der Waals surface area (Å²) in [6.45, 7) is 2.01. The second-order valence-electron chi connectivity index (χ2n) is 4.72. The van der Waals surface area contributed by atoms with Gasteiger partial charge in [-0.15, -0.1) is 0 Å². The predicted molar refractivity (Wildman–Crippen MR) is 67.1 cm³/mol. The number of likely N-dealkylation sites (tertiary alicyclic amines) is 1. The minimum atomic E-state index is -1.15. The van der Waals surface area contributed by atoms with Crippen molar-refractivity contribution in [2.45, 2.75) is 25.3 Å². The van der Waals surface area contributed by atoms with Gasteiger partial charge in [0.15, 0.2) is 0 Å². The van der Waals surface area contributed by atoms with E-state index in [2.05, 4.69) is 4.98 Å². The lowest BCUT2D eigenvalue weighted by molar-refractivity contribution is -0.147. The van der Waals surface area contributed by atoms with E-state index in [4.69, 9.17) is 4.74 Å². The first-order chi connectivity index (χ1) is 9.00. The van der Waals surface area contributed by atoms with E-state index in [0.717, 1.165) is 0 Å². The summed E-state index contributed by atoms with van der Waals surface area (Å²) in [6, 6.07) is 1.54. The molecule has 6 nitrogen and oxygen atoms in total. The number of hydrogen-bond acceptors (Lipinski definition) is 4. The van der Waals surface area contributed by atoms with Crippen LogP contribution in [0.5, 0.6) is 5.75 Å². The smallest absolute Gasteiger partial charge is 0.329 e. The van der Waals surface area contributed by atoms with Gasteiger partial charge in [-0.05, 0) is 25.8 Å². The third kappa shape index (κ3) is 2.14. The lowest BCUT2D eigenvalue weighted by atomic mass is 9.98. The molecule has 1 amide bonds. The van der Waals surface area contributed by atoms with Crippen LogP contribution in [-0.4, -0.2) is 46.1 Å². The van der Waals surface area contributed by atoms with Crippen LogP contribution in [0, 0.1) is 0 Å². The summed E-state index contributed by atoms with van der Waals surface area (Å²) in [5, 5.41) is 9.33. The number of carboxylic acids is 1. The van der Waals surface area contributed by atoms with Crippen LogP contribution in [0.4, 0.5) is 0 Å². The van der Waals surface area contributed by atoms with E-state index in [1.807, 2.05) is 0 Å². The molecule has 0 radical (unpaired) electrons. The maximum absolute atomic E-state index is 12.5. The second-order valence-corrected chi connectivity index (χ2v) is 4.72. The summed E-state index contributed by atoms with van der Waals surface area (Å²) in [5.74, 6) is -0.958. The van der Waals surface area contributed by atoms with E-state index in [0.29, 0.717) is 30.7 Å². The lowest BCUT2D eigenvalue weighted by Gasteiger charge is -2.31. The standard InChI is InChI=1S/C13H16N2O4/c1-13(12(17)18)5-3-7-15(13)11(16)9-4-6-14-8-10(9)19-2/h4,6,8H,3,5,7H2,1-2H3,(H,17,18).